The molecule has 0 radical (unpaired) electrons. The molecule has 0 fully saturated rings. The van der Waals surface area contributed by atoms with E-state index in [1.807, 2.05) is 0 Å². The molecule has 0 saturated heterocycles. The van der Waals surface area contributed by atoms with Crippen LogP contribution in [0.1, 0.15) is 0 Å². The van der Waals surface area contributed by atoms with Crippen LogP contribution in [-0.2, 0) is 14.3 Å². The fraction of sp³-hybridized carbons (Fsp3) is 0.833. The first-order valence-corrected chi connectivity index (χ1v) is 6.91. The molecule has 0 heterocycles. The van der Waals surface area contributed by atoms with E-state index in [2.05, 4.69) is 4.74 Å². The summed E-state index contributed by atoms with van der Waals surface area (Å²) in [5.74, 6) is -3.85. The predicted molar refractivity (Wildman–Crippen MR) is 73.7 cm³/mol. The molecule has 4 unspecified atom stereocenters. The van der Waals surface area contributed by atoms with Crippen molar-refractivity contribution in [3.05, 3.63) is 0 Å². The first-order valence-electron chi connectivity index (χ1n) is 6.91. The van der Waals surface area contributed by atoms with Crippen LogP contribution in [0.15, 0.2) is 0 Å². The number of carboxylic acid groups (broad SMARTS) is 1. The van der Waals surface area contributed by atoms with E-state index in [0.717, 1.165) is 0 Å². The monoisotopic (exact) mass is 374 g/mol. The molecule has 0 aromatic rings. The van der Waals surface area contributed by atoms with Gasteiger partial charge in [-0.25, -0.2) is 9.59 Å². The predicted octanol–water partition coefficient (Wildman–Crippen LogP) is -6.51. The van der Waals surface area contributed by atoms with Crippen LogP contribution in [0.3, 0.4) is 0 Å². The Morgan fingerprint density at radius 3 is 1.48 bits per heavy atom. The first-order chi connectivity index (χ1) is 11.5. The van der Waals surface area contributed by atoms with Gasteiger partial charge in [-0.1, -0.05) is 0 Å². The lowest BCUT2D eigenvalue weighted by molar-refractivity contribution is -0.195. The molecule has 8 atom stereocenters. The first kappa shape index (κ1) is 23.6. The summed E-state index contributed by atoms with van der Waals surface area (Å²) in [5, 5.41) is 91.8. The quantitative estimate of drug-likeness (QED) is 0.151. The third-order valence-corrected chi connectivity index (χ3v) is 3.22. The van der Waals surface area contributed by atoms with Crippen LogP contribution >= 0.6 is 0 Å². The van der Waals surface area contributed by atoms with Crippen molar-refractivity contribution < 1.29 is 65.4 Å². The summed E-state index contributed by atoms with van der Waals surface area (Å²) >= 11 is 0. The Labute approximate surface area is 140 Å². The van der Waals surface area contributed by atoms with Gasteiger partial charge in [-0.15, -0.1) is 0 Å². The number of aliphatic carboxylic acids is 1. The van der Waals surface area contributed by atoms with E-state index in [0.29, 0.717) is 0 Å². The Morgan fingerprint density at radius 1 is 0.720 bits per heavy atom. The number of ether oxygens (including phenoxy) is 1. The molecule has 0 aliphatic rings. The number of rotatable bonds is 11. The highest BCUT2D eigenvalue weighted by atomic mass is 16.6. The zero-order valence-corrected chi connectivity index (χ0v) is 12.7. The third kappa shape index (κ3) is 6.43. The van der Waals surface area contributed by atoms with E-state index < -0.39 is 74.0 Å². The number of carbonyl (C=O) groups excluding carboxylic acids is 1. The van der Waals surface area contributed by atoms with Crippen molar-refractivity contribution in [2.45, 2.75) is 48.8 Å². The van der Waals surface area contributed by atoms with Gasteiger partial charge < -0.3 is 55.8 Å². The van der Waals surface area contributed by atoms with E-state index in [4.69, 9.17) is 25.5 Å². The maximum absolute atomic E-state index is 11.6. The molecular formula is C12H22O13. The van der Waals surface area contributed by atoms with Gasteiger partial charge in [0, 0.05) is 0 Å². The number of esters is 1. The smallest absolute Gasteiger partial charge is 0.347 e. The lowest BCUT2D eigenvalue weighted by atomic mass is 10.0. The van der Waals surface area contributed by atoms with E-state index >= 15 is 0 Å². The fourth-order valence-corrected chi connectivity index (χ4v) is 1.64. The summed E-state index contributed by atoms with van der Waals surface area (Å²) < 4.78 is 4.23. The second-order valence-corrected chi connectivity index (χ2v) is 5.10. The zero-order chi connectivity index (χ0) is 19.9. The molecule has 25 heavy (non-hydrogen) atoms. The summed E-state index contributed by atoms with van der Waals surface area (Å²) in [6.07, 6.45) is -18.2. The molecule has 0 spiro atoms. The Hall–Kier alpha value is -1.42. The molecule has 0 aromatic heterocycles. The lowest BCUT2D eigenvalue weighted by Crippen LogP contribution is -2.53. The van der Waals surface area contributed by atoms with Gasteiger partial charge in [0.1, 0.15) is 36.6 Å². The van der Waals surface area contributed by atoms with Gasteiger partial charge in [0.15, 0.2) is 6.10 Å². The second kappa shape index (κ2) is 10.5. The summed E-state index contributed by atoms with van der Waals surface area (Å²) in [5.41, 5.74) is 0. The number of hydrogen-bond donors (Lipinski definition) is 10. The summed E-state index contributed by atoms with van der Waals surface area (Å²) in [7, 11) is 0. The molecule has 13 heteroatoms. The van der Waals surface area contributed by atoms with Crippen molar-refractivity contribution in [3.63, 3.8) is 0 Å². The molecule has 0 bridgehead atoms. The van der Waals surface area contributed by atoms with E-state index in [9.17, 15) is 35.1 Å². The number of aliphatic hydroxyl groups is 9. The van der Waals surface area contributed by atoms with Gasteiger partial charge in [0.25, 0.3) is 0 Å². The van der Waals surface area contributed by atoms with Gasteiger partial charge in [0.05, 0.1) is 13.2 Å². The van der Waals surface area contributed by atoms with Crippen LogP contribution < -0.4 is 0 Å². The van der Waals surface area contributed by atoms with Crippen LogP contribution in [-0.4, -0.2) is 125 Å². The topological polar surface area (TPSA) is 246 Å². The molecule has 0 aliphatic carbocycles. The maximum Gasteiger partial charge on any atom is 0.347 e. The van der Waals surface area contributed by atoms with E-state index in [-0.39, 0.29) is 0 Å². The van der Waals surface area contributed by atoms with Crippen molar-refractivity contribution in [2.75, 3.05) is 13.2 Å². The lowest BCUT2D eigenvalue weighted by Gasteiger charge is -2.28. The highest BCUT2D eigenvalue weighted by Gasteiger charge is 2.42. The fourth-order valence-electron chi connectivity index (χ4n) is 1.64. The average Bonchev–Trinajstić information content (AvgIpc) is 2.60. The number of carbonyl (C=O) groups is 2. The Bertz CT molecular complexity index is 429. The molecule has 10 N–H and O–H groups in total. The third-order valence-electron chi connectivity index (χ3n) is 3.22. The minimum atomic E-state index is -2.58. The van der Waals surface area contributed by atoms with Gasteiger partial charge in [-0.3, -0.25) is 0 Å². The number of hydrogen-bond acceptors (Lipinski definition) is 12. The summed E-state index contributed by atoms with van der Waals surface area (Å²) in [4.78, 5) is 22.6. The van der Waals surface area contributed by atoms with Crippen molar-refractivity contribution in [2.24, 2.45) is 0 Å². The molecular weight excluding hydrogens is 352 g/mol. The van der Waals surface area contributed by atoms with Gasteiger partial charge >= 0.3 is 11.9 Å². The van der Waals surface area contributed by atoms with Crippen molar-refractivity contribution >= 4 is 11.9 Å². The Balaban J connectivity index is 5.08. The van der Waals surface area contributed by atoms with Gasteiger partial charge in [-0.2, -0.15) is 0 Å². The van der Waals surface area contributed by atoms with Crippen LogP contribution in [0, 0.1) is 0 Å². The van der Waals surface area contributed by atoms with Crippen molar-refractivity contribution in [1.82, 2.24) is 0 Å². The van der Waals surface area contributed by atoms with Crippen LogP contribution in [0.25, 0.3) is 0 Å². The van der Waals surface area contributed by atoms with Crippen LogP contribution in [0.2, 0.25) is 0 Å². The second-order valence-electron chi connectivity index (χ2n) is 5.10. The highest BCUT2D eigenvalue weighted by molar-refractivity contribution is 5.81. The Kier molecular flexibility index (Phi) is 9.95. The molecule has 13 nitrogen and oxygen atoms in total. The minimum Gasteiger partial charge on any atom is -0.478 e. The molecule has 0 amide bonds. The summed E-state index contributed by atoms with van der Waals surface area (Å²) in [6, 6.07) is 0. The van der Waals surface area contributed by atoms with Crippen LogP contribution in [0.5, 0.6) is 0 Å². The van der Waals surface area contributed by atoms with E-state index in [1.54, 1.807) is 0 Å². The molecule has 0 aliphatic heterocycles. The SMILES string of the molecule is O=C(O[C@@H](C(=O)O)[C@@H](O)[C@H](O)[C@H](O)CO)C(O)C(O)C(O)C(O)CO. The maximum atomic E-state index is 11.6. The van der Waals surface area contributed by atoms with Crippen LogP contribution in [0.4, 0.5) is 0 Å². The molecule has 148 valence electrons. The molecule has 0 aromatic carbocycles. The normalized spacial score (nSPS) is 21.3. The highest BCUT2D eigenvalue weighted by Crippen LogP contribution is 2.13. The minimum absolute atomic E-state index is 1.03. The summed E-state index contributed by atoms with van der Waals surface area (Å²) in [6.45, 7) is -2.08. The standard InChI is InChI=1S/C12H22O13/c13-1-3(15)5(17)7(19)9(21)12(24)25-10(11(22)23)8(20)6(18)4(16)2-14/h3-10,13-21H,1-2H2,(H,22,23)/t3?,4-,5?,6-,7?,8+,9?,10-/m1/s1. The molecule has 0 rings (SSSR count). The van der Waals surface area contributed by atoms with Crippen molar-refractivity contribution in [1.29, 1.82) is 0 Å². The number of carboxylic acids is 1. The van der Waals surface area contributed by atoms with E-state index in [1.165, 1.54) is 0 Å². The Morgan fingerprint density at radius 2 is 1.12 bits per heavy atom. The zero-order valence-electron chi connectivity index (χ0n) is 12.7. The number of aliphatic hydroxyl groups excluding tert-OH is 9. The largest absolute Gasteiger partial charge is 0.478 e. The van der Waals surface area contributed by atoms with Gasteiger partial charge in [-0.05, 0) is 0 Å². The molecule has 0 saturated carbocycles. The average molecular weight is 374 g/mol. The van der Waals surface area contributed by atoms with Gasteiger partial charge in [0.2, 0.25) is 6.10 Å². The van der Waals surface area contributed by atoms with Crippen molar-refractivity contribution in [3.8, 4) is 0 Å².